The maximum Gasteiger partial charge on any atom is 0.294 e. The van der Waals surface area contributed by atoms with E-state index in [1.807, 2.05) is 0 Å². The summed E-state index contributed by atoms with van der Waals surface area (Å²) in [6.07, 6.45) is 4.30. The number of carbonyl (C=O) groups is 3. The first-order valence-electron chi connectivity index (χ1n) is 8.34. The number of nitrogens with zero attached hydrogens (tertiary/aromatic N) is 3. The Morgan fingerprint density at radius 2 is 1.96 bits per heavy atom. The van der Waals surface area contributed by atoms with Crippen LogP contribution in [0.4, 0.5) is 10.5 Å². The van der Waals surface area contributed by atoms with Crippen LogP contribution in [0.5, 0.6) is 0 Å². The van der Waals surface area contributed by atoms with Gasteiger partial charge in [-0.3, -0.25) is 29.4 Å². The zero-order valence-corrected chi connectivity index (χ0v) is 15.8. The lowest BCUT2D eigenvalue weighted by molar-refractivity contribution is -0.384. The molecular formula is C17H16ClN3O5S. The molecule has 27 heavy (non-hydrogen) atoms. The highest BCUT2D eigenvalue weighted by Crippen LogP contribution is 2.33. The minimum atomic E-state index is -0.622. The van der Waals surface area contributed by atoms with Crippen molar-refractivity contribution in [2.45, 2.75) is 19.3 Å². The number of piperidine rings is 1. The van der Waals surface area contributed by atoms with Crippen LogP contribution in [0.2, 0.25) is 5.02 Å². The molecule has 0 aromatic heterocycles. The van der Waals surface area contributed by atoms with E-state index >= 15 is 0 Å². The topological polar surface area (TPSA) is 101 Å². The standard InChI is InChI=1S/C17H16ClN3O5S/c18-12-5-4-11(8-13(12)21(25)26)9-14-16(23)20(17(24)27-14)10-15(22)19-6-2-1-3-7-19/h4-5,8-9H,1-3,6-7,10H2/b14-9-. The van der Waals surface area contributed by atoms with Crippen molar-refractivity contribution in [2.24, 2.45) is 0 Å². The maximum absolute atomic E-state index is 12.5. The Morgan fingerprint density at radius 3 is 2.63 bits per heavy atom. The van der Waals surface area contributed by atoms with E-state index in [2.05, 4.69) is 0 Å². The molecular weight excluding hydrogens is 394 g/mol. The molecule has 142 valence electrons. The molecule has 0 N–H and O–H groups in total. The molecule has 2 heterocycles. The smallest absolute Gasteiger partial charge is 0.294 e. The molecule has 0 saturated carbocycles. The van der Waals surface area contributed by atoms with Crippen LogP contribution in [-0.4, -0.2) is 51.4 Å². The molecule has 0 atom stereocenters. The van der Waals surface area contributed by atoms with E-state index in [1.165, 1.54) is 24.3 Å². The van der Waals surface area contributed by atoms with Crippen molar-refractivity contribution in [2.75, 3.05) is 19.6 Å². The molecule has 3 rings (SSSR count). The van der Waals surface area contributed by atoms with Crippen LogP contribution in [-0.2, 0) is 9.59 Å². The van der Waals surface area contributed by atoms with Crippen molar-refractivity contribution in [3.05, 3.63) is 43.8 Å². The molecule has 0 spiro atoms. The lowest BCUT2D eigenvalue weighted by Gasteiger charge is -2.27. The third-order valence-electron chi connectivity index (χ3n) is 4.34. The Labute approximate surface area is 164 Å². The van der Waals surface area contributed by atoms with E-state index in [0.29, 0.717) is 30.4 Å². The molecule has 1 aromatic rings. The zero-order chi connectivity index (χ0) is 19.6. The van der Waals surface area contributed by atoms with Crippen LogP contribution in [0.1, 0.15) is 24.8 Å². The lowest BCUT2D eigenvalue weighted by Crippen LogP contribution is -2.44. The van der Waals surface area contributed by atoms with Gasteiger partial charge < -0.3 is 4.90 Å². The molecule has 2 aliphatic rings. The number of halogens is 1. The number of hydrogen-bond acceptors (Lipinski definition) is 6. The second-order valence-electron chi connectivity index (χ2n) is 6.18. The molecule has 2 saturated heterocycles. The van der Waals surface area contributed by atoms with E-state index < -0.39 is 16.1 Å². The SMILES string of the molecule is O=C(CN1C(=O)S/C(=C\c2ccc(Cl)c([N+](=O)[O-])c2)C1=O)N1CCCCC1. The maximum atomic E-state index is 12.5. The van der Waals surface area contributed by atoms with Crippen LogP contribution in [0.3, 0.4) is 0 Å². The molecule has 10 heteroatoms. The van der Waals surface area contributed by atoms with Gasteiger partial charge in [-0.25, -0.2) is 0 Å². The first-order chi connectivity index (χ1) is 12.9. The van der Waals surface area contributed by atoms with Crippen molar-refractivity contribution >= 4 is 52.2 Å². The highest BCUT2D eigenvalue weighted by molar-refractivity contribution is 8.18. The summed E-state index contributed by atoms with van der Waals surface area (Å²) < 4.78 is 0. The zero-order valence-electron chi connectivity index (χ0n) is 14.2. The van der Waals surface area contributed by atoms with Gasteiger partial charge in [0.15, 0.2) is 0 Å². The van der Waals surface area contributed by atoms with Crippen molar-refractivity contribution in [1.82, 2.24) is 9.80 Å². The highest BCUT2D eigenvalue weighted by Gasteiger charge is 2.37. The van der Waals surface area contributed by atoms with Gasteiger partial charge in [0.05, 0.1) is 9.83 Å². The minimum Gasteiger partial charge on any atom is -0.341 e. The Hall–Kier alpha value is -2.39. The van der Waals surface area contributed by atoms with Gasteiger partial charge in [-0.05, 0) is 48.7 Å². The first-order valence-corrected chi connectivity index (χ1v) is 9.53. The summed E-state index contributed by atoms with van der Waals surface area (Å²) in [6.45, 7) is 0.988. The number of likely N-dealkylation sites (tertiary alicyclic amines) is 1. The Balaban J connectivity index is 1.75. The second kappa shape index (κ2) is 8.10. The van der Waals surface area contributed by atoms with E-state index in [4.69, 9.17) is 11.6 Å². The van der Waals surface area contributed by atoms with Gasteiger partial charge in [0.25, 0.3) is 16.8 Å². The third kappa shape index (κ3) is 4.30. The van der Waals surface area contributed by atoms with Gasteiger partial charge in [-0.2, -0.15) is 0 Å². The number of nitro benzene ring substituents is 1. The molecule has 0 radical (unpaired) electrons. The largest absolute Gasteiger partial charge is 0.341 e. The normalized spacial score (nSPS) is 19.1. The van der Waals surface area contributed by atoms with Gasteiger partial charge in [0, 0.05) is 19.2 Å². The predicted octanol–water partition coefficient (Wildman–Crippen LogP) is 3.30. The van der Waals surface area contributed by atoms with Crippen LogP contribution >= 0.6 is 23.4 Å². The van der Waals surface area contributed by atoms with Crippen molar-refractivity contribution < 1.29 is 19.3 Å². The Bertz CT molecular complexity index is 851. The predicted molar refractivity (Wildman–Crippen MR) is 101 cm³/mol. The summed E-state index contributed by atoms with van der Waals surface area (Å²) >= 11 is 6.48. The first kappa shape index (κ1) is 19.4. The van der Waals surface area contributed by atoms with Gasteiger partial charge in [0.1, 0.15) is 11.6 Å². The minimum absolute atomic E-state index is 0.0163. The summed E-state index contributed by atoms with van der Waals surface area (Å²) in [4.78, 5) is 50.0. The fourth-order valence-corrected chi connectivity index (χ4v) is 3.95. The summed E-state index contributed by atoms with van der Waals surface area (Å²) in [5.74, 6) is -0.826. The highest BCUT2D eigenvalue weighted by atomic mass is 35.5. The lowest BCUT2D eigenvalue weighted by atomic mass is 10.1. The molecule has 8 nitrogen and oxygen atoms in total. The number of benzene rings is 1. The number of hydrogen-bond donors (Lipinski definition) is 0. The molecule has 1 aromatic carbocycles. The third-order valence-corrected chi connectivity index (χ3v) is 5.57. The number of carbonyl (C=O) groups excluding carboxylic acids is 3. The number of rotatable bonds is 4. The molecule has 2 fully saturated rings. The number of amides is 3. The molecule has 3 amide bonds. The van der Waals surface area contributed by atoms with Crippen molar-refractivity contribution in [3.63, 3.8) is 0 Å². The van der Waals surface area contributed by atoms with Gasteiger partial charge >= 0.3 is 0 Å². The second-order valence-corrected chi connectivity index (χ2v) is 7.58. The Morgan fingerprint density at radius 1 is 1.26 bits per heavy atom. The van der Waals surface area contributed by atoms with Crippen LogP contribution in [0.15, 0.2) is 23.1 Å². The monoisotopic (exact) mass is 409 g/mol. The molecule has 2 aliphatic heterocycles. The van der Waals surface area contributed by atoms with E-state index in [0.717, 1.165) is 24.2 Å². The van der Waals surface area contributed by atoms with Gasteiger partial charge in [0.2, 0.25) is 5.91 Å². The van der Waals surface area contributed by atoms with Gasteiger partial charge in [-0.1, -0.05) is 17.7 Å². The van der Waals surface area contributed by atoms with E-state index in [-0.39, 0.29) is 28.1 Å². The van der Waals surface area contributed by atoms with Crippen LogP contribution < -0.4 is 0 Å². The summed E-state index contributed by atoms with van der Waals surface area (Å²) in [5.41, 5.74) is 0.0869. The molecule has 0 bridgehead atoms. The van der Waals surface area contributed by atoms with E-state index in [1.54, 1.807) is 4.90 Å². The average Bonchev–Trinajstić information content (AvgIpc) is 2.91. The molecule has 0 unspecified atom stereocenters. The Kier molecular flexibility index (Phi) is 5.81. The van der Waals surface area contributed by atoms with Gasteiger partial charge in [-0.15, -0.1) is 0 Å². The summed E-state index contributed by atoms with van der Waals surface area (Å²) in [7, 11) is 0. The number of imide groups is 1. The summed E-state index contributed by atoms with van der Waals surface area (Å²) in [5, 5.41) is 10.4. The van der Waals surface area contributed by atoms with Crippen molar-refractivity contribution in [1.29, 1.82) is 0 Å². The quantitative estimate of drug-likeness (QED) is 0.429. The fraction of sp³-hybridized carbons (Fsp3) is 0.353. The van der Waals surface area contributed by atoms with Crippen LogP contribution in [0, 0.1) is 10.1 Å². The number of thioether (sulfide) groups is 1. The average molecular weight is 410 g/mol. The van der Waals surface area contributed by atoms with Crippen molar-refractivity contribution in [3.8, 4) is 0 Å². The fourth-order valence-electron chi connectivity index (χ4n) is 2.93. The van der Waals surface area contributed by atoms with Crippen LogP contribution in [0.25, 0.3) is 6.08 Å². The summed E-state index contributed by atoms with van der Waals surface area (Å²) in [6, 6.07) is 4.10. The molecule has 0 aliphatic carbocycles. The number of nitro groups is 1. The van der Waals surface area contributed by atoms with E-state index in [9.17, 15) is 24.5 Å².